The molecule has 0 radical (unpaired) electrons. The van der Waals surface area contributed by atoms with Gasteiger partial charge in [-0.1, -0.05) is 63.2 Å². The highest BCUT2D eigenvalue weighted by Crippen LogP contribution is 2.37. The molecule has 0 aliphatic heterocycles. The van der Waals surface area contributed by atoms with E-state index in [0.29, 0.717) is 36.5 Å². The average molecular weight is 516 g/mol. The lowest BCUT2D eigenvalue weighted by molar-refractivity contribution is 0.0753. The first-order valence-electron chi connectivity index (χ1n) is 12.0. The molecule has 2 aromatic carbocycles. The highest BCUT2D eigenvalue weighted by atomic mass is 32.2. The number of nitrogens with zero attached hydrogens (tertiary/aromatic N) is 3. The van der Waals surface area contributed by atoms with Crippen molar-refractivity contribution in [3.05, 3.63) is 65.9 Å². The van der Waals surface area contributed by atoms with Gasteiger partial charge in [0.15, 0.2) is 5.82 Å². The lowest BCUT2D eigenvalue weighted by atomic mass is 9.87. The molecule has 3 aromatic rings. The lowest BCUT2D eigenvalue weighted by Gasteiger charge is -2.26. The van der Waals surface area contributed by atoms with Crippen LogP contribution in [0.3, 0.4) is 0 Å². The van der Waals surface area contributed by atoms with Crippen molar-refractivity contribution in [1.29, 1.82) is 0 Å². The zero-order valence-electron chi connectivity index (χ0n) is 21.8. The Balaban J connectivity index is 2.16. The van der Waals surface area contributed by atoms with Gasteiger partial charge in [0.2, 0.25) is 0 Å². The summed E-state index contributed by atoms with van der Waals surface area (Å²) in [6.07, 6.45) is 1.02. The molecule has 0 atom stereocenters. The molecule has 1 heterocycles. The molecule has 0 aliphatic rings. The van der Waals surface area contributed by atoms with Crippen LogP contribution in [-0.4, -0.2) is 57.0 Å². The summed E-state index contributed by atoms with van der Waals surface area (Å²) in [5.74, 6) is 0.409. The monoisotopic (exact) mass is 515 g/mol. The maximum absolute atomic E-state index is 14.1. The van der Waals surface area contributed by atoms with Crippen molar-refractivity contribution in [3.8, 4) is 11.1 Å². The molecule has 0 saturated heterocycles. The zero-order valence-corrected chi connectivity index (χ0v) is 22.6. The van der Waals surface area contributed by atoms with Gasteiger partial charge in [-0.2, -0.15) is 5.10 Å². The molecule has 36 heavy (non-hydrogen) atoms. The van der Waals surface area contributed by atoms with Crippen LogP contribution in [0.5, 0.6) is 0 Å². The van der Waals surface area contributed by atoms with Crippen LogP contribution in [0.25, 0.3) is 11.1 Å². The first-order chi connectivity index (χ1) is 17.1. The van der Waals surface area contributed by atoms with Gasteiger partial charge < -0.3 is 14.6 Å². The lowest BCUT2D eigenvalue weighted by Crippen LogP contribution is -2.35. The molecule has 0 bridgehead atoms. The Bertz CT molecular complexity index is 1220. The number of sulfonamides is 1. The number of aliphatic hydroxyl groups excluding tert-OH is 1. The predicted octanol–water partition coefficient (Wildman–Crippen LogP) is 4.13. The normalized spacial score (nSPS) is 12.2. The third-order valence-electron chi connectivity index (χ3n) is 5.91. The molecule has 0 saturated carbocycles. The number of anilines is 1. The number of methoxy groups -OCH3 is 1. The van der Waals surface area contributed by atoms with Crippen LogP contribution in [-0.2, 0) is 38.4 Å². The molecule has 8 nitrogen and oxygen atoms in total. The van der Waals surface area contributed by atoms with Gasteiger partial charge in [-0.15, -0.1) is 0 Å². The van der Waals surface area contributed by atoms with E-state index in [1.54, 1.807) is 31.0 Å². The van der Waals surface area contributed by atoms with Gasteiger partial charge in [-0.3, -0.25) is 4.68 Å². The molecular formula is C27H37N3O5S. The van der Waals surface area contributed by atoms with E-state index in [9.17, 15) is 13.5 Å². The molecule has 9 heteroatoms. The van der Waals surface area contributed by atoms with Gasteiger partial charge in [-0.05, 0) is 41.5 Å². The van der Waals surface area contributed by atoms with Crippen LogP contribution < -0.4 is 4.31 Å². The van der Waals surface area contributed by atoms with Gasteiger partial charge in [0.05, 0.1) is 23.8 Å². The Hall–Kier alpha value is -2.72. The first-order valence-corrected chi connectivity index (χ1v) is 13.5. The number of aryl methyl sites for hydroxylation is 2. The van der Waals surface area contributed by atoms with Gasteiger partial charge >= 0.3 is 0 Å². The molecule has 196 valence electrons. The molecule has 3 rings (SSSR count). The van der Waals surface area contributed by atoms with Crippen molar-refractivity contribution < 1.29 is 23.0 Å². The summed E-state index contributed by atoms with van der Waals surface area (Å²) in [6.45, 7) is 6.65. The second kappa shape index (κ2) is 12.0. The fourth-order valence-corrected chi connectivity index (χ4v) is 5.35. The first kappa shape index (κ1) is 27.9. The van der Waals surface area contributed by atoms with Gasteiger partial charge in [0.25, 0.3) is 10.0 Å². The van der Waals surface area contributed by atoms with E-state index in [2.05, 4.69) is 25.9 Å². The smallest absolute Gasteiger partial charge is 0.267 e. The maximum Gasteiger partial charge on any atom is 0.267 e. The molecule has 0 fully saturated rings. The Morgan fingerprint density at radius 1 is 1.03 bits per heavy atom. The predicted molar refractivity (Wildman–Crippen MR) is 142 cm³/mol. The van der Waals surface area contributed by atoms with Crippen LogP contribution in [0.4, 0.5) is 5.82 Å². The van der Waals surface area contributed by atoms with Crippen LogP contribution in [0.15, 0.2) is 59.5 Å². The second-order valence-corrected chi connectivity index (χ2v) is 11.5. The van der Waals surface area contributed by atoms with Crippen molar-refractivity contribution in [3.63, 3.8) is 0 Å². The van der Waals surface area contributed by atoms with E-state index in [-0.39, 0.29) is 30.3 Å². The van der Waals surface area contributed by atoms with Gasteiger partial charge in [-0.25, -0.2) is 12.7 Å². The Morgan fingerprint density at radius 3 is 2.28 bits per heavy atom. The summed E-state index contributed by atoms with van der Waals surface area (Å²) >= 11 is 0. The Morgan fingerprint density at radius 2 is 1.69 bits per heavy atom. The number of ether oxygens (including phenoxy) is 2. The van der Waals surface area contributed by atoms with Crippen LogP contribution in [0.1, 0.15) is 38.4 Å². The topological polar surface area (TPSA) is 93.9 Å². The minimum Gasteiger partial charge on any atom is -0.396 e. The number of hydrogen-bond donors (Lipinski definition) is 1. The van der Waals surface area contributed by atoms with Crippen molar-refractivity contribution >= 4 is 15.8 Å². The average Bonchev–Trinajstić information content (AvgIpc) is 3.18. The van der Waals surface area contributed by atoms with Crippen molar-refractivity contribution in [2.24, 2.45) is 7.05 Å². The highest BCUT2D eigenvalue weighted by Gasteiger charge is 2.32. The van der Waals surface area contributed by atoms with E-state index in [1.807, 2.05) is 42.5 Å². The van der Waals surface area contributed by atoms with Crippen LogP contribution in [0.2, 0.25) is 0 Å². The van der Waals surface area contributed by atoms with Crippen LogP contribution in [0, 0.1) is 0 Å². The third kappa shape index (κ3) is 6.34. The molecule has 0 unspecified atom stereocenters. The van der Waals surface area contributed by atoms with Gasteiger partial charge in [0.1, 0.15) is 6.73 Å². The highest BCUT2D eigenvalue weighted by molar-refractivity contribution is 7.92. The molecule has 0 amide bonds. The number of aliphatic hydroxyl groups is 1. The fraction of sp³-hybridized carbons (Fsp3) is 0.444. The van der Waals surface area contributed by atoms with Crippen molar-refractivity contribution in [1.82, 2.24) is 9.78 Å². The van der Waals surface area contributed by atoms with E-state index < -0.39 is 10.0 Å². The summed E-state index contributed by atoms with van der Waals surface area (Å²) in [5.41, 5.74) is 3.20. The summed E-state index contributed by atoms with van der Waals surface area (Å²) in [7, 11) is -0.713. The summed E-state index contributed by atoms with van der Waals surface area (Å²) in [5, 5.41) is 14.1. The molecular weight excluding hydrogens is 478 g/mol. The number of aromatic nitrogens is 2. The molecule has 1 N–H and O–H groups in total. The maximum atomic E-state index is 14.1. The minimum atomic E-state index is -4.01. The fourth-order valence-electron chi connectivity index (χ4n) is 3.97. The summed E-state index contributed by atoms with van der Waals surface area (Å²) < 4.78 is 41.8. The SMILES string of the molecule is COCCOCN(c1c(-c2ccccc2)c(CCCO)nn1C)S(=O)(=O)c1ccc(C(C)(C)C)cc1. The largest absolute Gasteiger partial charge is 0.396 e. The van der Waals surface area contributed by atoms with E-state index >= 15 is 0 Å². The van der Waals surface area contributed by atoms with Crippen molar-refractivity contribution in [2.75, 3.05) is 38.0 Å². The van der Waals surface area contributed by atoms with Crippen molar-refractivity contribution in [2.45, 2.75) is 43.9 Å². The van der Waals surface area contributed by atoms with Crippen LogP contribution >= 0.6 is 0 Å². The van der Waals surface area contributed by atoms with E-state index in [4.69, 9.17) is 9.47 Å². The summed E-state index contributed by atoms with van der Waals surface area (Å²) in [6, 6.07) is 16.6. The van der Waals surface area contributed by atoms with Gasteiger partial charge in [0, 0.05) is 26.3 Å². The molecule has 0 aliphatic carbocycles. The molecule has 1 aromatic heterocycles. The quantitative estimate of drug-likeness (QED) is 0.288. The number of benzene rings is 2. The summed E-state index contributed by atoms with van der Waals surface area (Å²) in [4.78, 5) is 0.169. The second-order valence-electron chi connectivity index (χ2n) is 9.62. The number of hydrogen-bond acceptors (Lipinski definition) is 6. The zero-order chi connectivity index (χ0) is 26.3. The minimum absolute atomic E-state index is 0.0163. The van der Waals surface area contributed by atoms with E-state index in [1.165, 1.54) is 4.31 Å². The Labute approximate surface area is 214 Å². The Kier molecular flexibility index (Phi) is 9.30. The molecule has 0 spiro atoms. The third-order valence-corrected chi connectivity index (χ3v) is 7.63. The van der Waals surface area contributed by atoms with E-state index in [0.717, 1.165) is 11.1 Å². The number of rotatable bonds is 12. The standard InChI is InChI=1S/C27H37N3O5S/c1-27(2,3)22-13-15-23(16-14-22)36(32,33)30(20-35-19-18-34-5)26-25(21-10-7-6-8-11-21)24(12-9-17-31)28-29(26)4/h6-8,10-11,13-16,31H,9,12,17-20H2,1-5H3.